The van der Waals surface area contributed by atoms with Crippen LogP contribution < -0.4 is 5.32 Å². The van der Waals surface area contributed by atoms with Crippen LogP contribution in [0.1, 0.15) is 69.8 Å². The summed E-state index contributed by atoms with van der Waals surface area (Å²) >= 11 is 0. The molecule has 3 heteroatoms. The Bertz CT molecular complexity index is 431. The van der Waals surface area contributed by atoms with Gasteiger partial charge in [-0.1, -0.05) is 19.8 Å². The first-order chi connectivity index (χ1) is 8.71. The summed E-state index contributed by atoms with van der Waals surface area (Å²) in [6, 6.07) is 2.18. The van der Waals surface area contributed by atoms with Gasteiger partial charge in [-0.25, -0.2) is 9.97 Å². The lowest BCUT2D eigenvalue weighted by molar-refractivity contribution is 0.650. The van der Waals surface area contributed by atoms with Crippen LogP contribution in [-0.2, 0) is 5.41 Å². The van der Waals surface area contributed by atoms with Gasteiger partial charge in [0.2, 0.25) is 0 Å². The molecule has 1 heterocycles. The van der Waals surface area contributed by atoms with Gasteiger partial charge in [-0.3, -0.25) is 0 Å². The summed E-state index contributed by atoms with van der Waals surface area (Å²) in [7, 11) is 0. The van der Waals surface area contributed by atoms with Crippen molar-refractivity contribution in [3.05, 3.63) is 17.6 Å². The van der Waals surface area contributed by atoms with E-state index in [-0.39, 0.29) is 5.41 Å². The Morgan fingerprint density at radius 1 is 1.28 bits per heavy atom. The molecular formula is C15H23N3. The van der Waals surface area contributed by atoms with E-state index < -0.39 is 0 Å². The Balaban J connectivity index is 1.94. The van der Waals surface area contributed by atoms with E-state index >= 15 is 0 Å². The van der Waals surface area contributed by atoms with Gasteiger partial charge in [-0.2, -0.15) is 0 Å². The van der Waals surface area contributed by atoms with Gasteiger partial charge < -0.3 is 5.32 Å². The molecule has 1 aromatic rings. The van der Waals surface area contributed by atoms with Gasteiger partial charge in [0.15, 0.2) is 0 Å². The minimum atomic E-state index is 0.263. The average molecular weight is 245 g/mol. The van der Waals surface area contributed by atoms with E-state index in [1.54, 1.807) is 0 Å². The van der Waals surface area contributed by atoms with Crippen molar-refractivity contribution in [1.29, 1.82) is 0 Å². The van der Waals surface area contributed by atoms with Gasteiger partial charge in [-0.15, -0.1) is 0 Å². The molecule has 3 rings (SSSR count). The topological polar surface area (TPSA) is 37.8 Å². The van der Waals surface area contributed by atoms with Gasteiger partial charge in [-0.05, 0) is 32.6 Å². The zero-order valence-corrected chi connectivity index (χ0v) is 11.5. The van der Waals surface area contributed by atoms with E-state index in [0.717, 1.165) is 18.2 Å². The maximum atomic E-state index is 4.88. The van der Waals surface area contributed by atoms with Crippen molar-refractivity contribution < 1.29 is 0 Å². The first-order valence-corrected chi connectivity index (χ1v) is 7.34. The monoisotopic (exact) mass is 245 g/mol. The molecule has 2 aliphatic carbocycles. The van der Waals surface area contributed by atoms with E-state index in [1.807, 2.05) is 0 Å². The third-order valence-corrected chi connectivity index (χ3v) is 4.42. The van der Waals surface area contributed by atoms with E-state index in [0.29, 0.717) is 5.92 Å². The van der Waals surface area contributed by atoms with Crippen LogP contribution in [0, 0.1) is 0 Å². The van der Waals surface area contributed by atoms with Crippen LogP contribution in [0.2, 0.25) is 0 Å². The molecule has 2 fully saturated rings. The standard InChI is InChI=1S/C15H23N3/c1-3-16-13-10-12(11-6-4-5-7-11)17-14(18-13)15(2)8-9-15/h10-11H,3-9H2,1-2H3,(H,16,17,18). The summed E-state index contributed by atoms with van der Waals surface area (Å²) in [4.78, 5) is 9.59. The maximum absolute atomic E-state index is 4.88. The second kappa shape index (κ2) is 4.52. The van der Waals surface area contributed by atoms with E-state index in [1.165, 1.54) is 44.2 Å². The maximum Gasteiger partial charge on any atom is 0.136 e. The SMILES string of the molecule is CCNc1cc(C2CCCC2)nc(C2(C)CC2)n1. The predicted octanol–water partition coefficient (Wildman–Crippen LogP) is 3.62. The Morgan fingerprint density at radius 2 is 2.00 bits per heavy atom. The first kappa shape index (κ1) is 11.9. The van der Waals surface area contributed by atoms with Crippen LogP contribution in [0.5, 0.6) is 0 Å². The molecule has 98 valence electrons. The van der Waals surface area contributed by atoms with E-state index in [4.69, 9.17) is 9.97 Å². The quantitative estimate of drug-likeness (QED) is 0.880. The highest BCUT2D eigenvalue weighted by Crippen LogP contribution is 2.46. The number of hydrogen-bond acceptors (Lipinski definition) is 3. The Labute approximate surface area is 109 Å². The minimum Gasteiger partial charge on any atom is -0.370 e. The zero-order valence-electron chi connectivity index (χ0n) is 11.5. The normalized spacial score (nSPS) is 22.1. The summed E-state index contributed by atoms with van der Waals surface area (Å²) in [5, 5.41) is 3.36. The molecule has 0 spiro atoms. The third-order valence-electron chi connectivity index (χ3n) is 4.42. The number of anilines is 1. The lowest BCUT2D eigenvalue weighted by Crippen LogP contribution is -2.13. The van der Waals surface area contributed by atoms with Crippen LogP contribution >= 0.6 is 0 Å². The molecule has 18 heavy (non-hydrogen) atoms. The molecular weight excluding hydrogens is 222 g/mol. The average Bonchev–Trinajstić information content (AvgIpc) is 2.93. The molecule has 0 amide bonds. The second-order valence-corrected chi connectivity index (χ2v) is 6.07. The molecule has 0 radical (unpaired) electrons. The van der Waals surface area contributed by atoms with Crippen molar-refractivity contribution in [3.8, 4) is 0 Å². The first-order valence-electron chi connectivity index (χ1n) is 7.34. The third kappa shape index (κ3) is 2.23. The van der Waals surface area contributed by atoms with E-state index in [2.05, 4.69) is 25.2 Å². The zero-order chi connectivity index (χ0) is 12.6. The summed E-state index contributed by atoms with van der Waals surface area (Å²) in [5.41, 5.74) is 1.54. The highest BCUT2D eigenvalue weighted by molar-refractivity contribution is 5.39. The van der Waals surface area contributed by atoms with Gasteiger partial charge in [0.1, 0.15) is 11.6 Å². The lowest BCUT2D eigenvalue weighted by Gasteiger charge is -2.15. The van der Waals surface area contributed by atoms with Gasteiger partial charge in [0.25, 0.3) is 0 Å². The highest BCUT2D eigenvalue weighted by Gasteiger charge is 2.42. The van der Waals surface area contributed by atoms with Crippen molar-refractivity contribution in [2.24, 2.45) is 0 Å². The predicted molar refractivity (Wildman–Crippen MR) is 74.0 cm³/mol. The fourth-order valence-corrected chi connectivity index (χ4v) is 2.85. The number of nitrogens with zero attached hydrogens (tertiary/aromatic N) is 2. The molecule has 0 unspecified atom stereocenters. The molecule has 0 atom stereocenters. The van der Waals surface area contributed by atoms with Crippen molar-refractivity contribution in [2.45, 2.75) is 63.7 Å². The fourth-order valence-electron chi connectivity index (χ4n) is 2.85. The number of aromatic nitrogens is 2. The summed E-state index contributed by atoms with van der Waals surface area (Å²) < 4.78 is 0. The molecule has 0 saturated heterocycles. The van der Waals surface area contributed by atoms with Gasteiger partial charge >= 0.3 is 0 Å². The fraction of sp³-hybridized carbons (Fsp3) is 0.733. The number of rotatable bonds is 4. The van der Waals surface area contributed by atoms with Crippen LogP contribution in [0.15, 0.2) is 6.07 Å². The lowest BCUT2D eigenvalue weighted by atomic mass is 10.0. The van der Waals surface area contributed by atoms with Gasteiger partial charge in [0.05, 0.1) is 0 Å². The van der Waals surface area contributed by atoms with Crippen molar-refractivity contribution in [1.82, 2.24) is 9.97 Å². The molecule has 0 aromatic carbocycles. The molecule has 2 aliphatic rings. The Morgan fingerprint density at radius 3 is 2.61 bits per heavy atom. The van der Waals surface area contributed by atoms with Gasteiger partial charge in [0, 0.05) is 29.6 Å². The summed E-state index contributed by atoms with van der Waals surface area (Å²) in [5.74, 6) is 2.77. The van der Waals surface area contributed by atoms with E-state index in [9.17, 15) is 0 Å². The van der Waals surface area contributed by atoms with Crippen LogP contribution in [0.3, 0.4) is 0 Å². The van der Waals surface area contributed by atoms with Crippen molar-refractivity contribution in [2.75, 3.05) is 11.9 Å². The molecule has 0 bridgehead atoms. The highest BCUT2D eigenvalue weighted by atomic mass is 15.0. The molecule has 0 aliphatic heterocycles. The van der Waals surface area contributed by atoms with Crippen LogP contribution in [0.4, 0.5) is 5.82 Å². The largest absolute Gasteiger partial charge is 0.370 e. The summed E-state index contributed by atoms with van der Waals surface area (Å²) in [6.45, 7) is 5.34. The second-order valence-electron chi connectivity index (χ2n) is 6.07. The van der Waals surface area contributed by atoms with Crippen LogP contribution in [0.25, 0.3) is 0 Å². The minimum absolute atomic E-state index is 0.263. The molecule has 1 N–H and O–H groups in total. The Kier molecular flexibility index (Phi) is 3.00. The van der Waals surface area contributed by atoms with Crippen molar-refractivity contribution in [3.63, 3.8) is 0 Å². The van der Waals surface area contributed by atoms with Crippen molar-refractivity contribution >= 4 is 5.82 Å². The molecule has 1 aromatic heterocycles. The summed E-state index contributed by atoms with van der Waals surface area (Å²) in [6.07, 6.45) is 7.81. The number of hydrogen-bond donors (Lipinski definition) is 1. The molecule has 3 nitrogen and oxygen atoms in total. The van der Waals surface area contributed by atoms with Crippen LogP contribution in [-0.4, -0.2) is 16.5 Å². The smallest absolute Gasteiger partial charge is 0.136 e. The molecule has 2 saturated carbocycles. The Hall–Kier alpha value is -1.12. The number of nitrogens with one attached hydrogen (secondary N) is 1.